The first-order valence-corrected chi connectivity index (χ1v) is 7.76. The van der Waals surface area contributed by atoms with Crippen molar-refractivity contribution in [3.63, 3.8) is 0 Å². The van der Waals surface area contributed by atoms with Gasteiger partial charge in [0, 0.05) is 5.92 Å². The van der Waals surface area contributed by atoms with E-state index in [9.17, 15) is 9.59 Å². The maximum Gasteiger partial charge on any atom is 0.141 e. The zero-order valence-electron chi connectivity index (χ0n) is 14.4. The van der Waals surface area contributed by atoms with E-state index in [4.69, 9.17) is 9.47 Å². The quantitative estimate of drug-likeness (QED) is 0.729. The fourth-order valence-corrected chi connectivity index (χ4v) is 2.96. The first-order chi connectivity index (χ1) is 11.5. The van der Waals surface area contributed by atoms with E-state index in [2.05, 4.69) is 0 Å². The zero-order chi connectivity index (χ0) is 17.7. The van der Waals surface area contributed by atoms with E-state index in [-0.39, 0.29) is 17.5 Å². The molecule has 0 unspecified atom stereocenters. The van der Waals surface area contributed by atoms with E-state index in [0.717, 1.165) is 22.6 Å². The highest BCUT2D eigenvalue weighted by molar-refractivity contribution is 6.01. The number of benzene rings is 2. The second-order valence-electron chi connectivity index (χ2n) is 5.72. The summed E-state index contributed by atoms with van der Waals surface area (Å²) in [6.45, 7) is 2.93. The second kappa shape index (κ2) is 7.77. The van der Waals surface area contributed by atoms with Crippen LogP contribution in [0.3, 0.4) is 0 Å². The number of carbonyl (C=O) groups is 2. The van der Waals surface area contributed by atoms with Gasteiger partial charge in [0.1, 0.15) is 23.1 Å². The molecule has 0 spiro atoms. The molecule has 0 aliphatic carbocycles. The summed E-state index contributed by atoms with van der Waals surface area (Å²) in [5.74, 6) is 0.130. The van der Waals surface area contributed by atoms with Crippen molar-refractivity contribution < 1.29 is 19.1 Å². The first-order valence-electron chi connectivity index (χ1n) is 7.76. The number of Topliss-reactive ketones (excluding diaryl/α,β-unsaturated/α-hetero) is 2. The van der Waals surface area contributed by atoms with Gasteiger partial charge in [-0.05, 0) is 49.2 Å². The molecule has 0 atom stereocenters. The van der Waals surface area contributed by atoms with Gasteiger partial charge in [-0.15, -0.1) is 0 Å². The zero-order valence-corrected chi connectivity index (χ0v) is 14.4. The molecule has 2 aromatic carbocycles. The molecule has 0 fully saturated rings. The molecule has 24 heavy (non-hydrogen) atoms. The van der Waals surface area contributed by atoms with Crippen LogP contribution in [0.1, 0.15) is 30.9 Å². The third kappa shape index (κ3) is 3.82. The van der Waals surface area contributed by atoms with Gasteiger partial charge in [0.15, 0.2) is 0 Å². The van der Waals surface area contributed by atoms with Crippen LogP contribution in [0.4, 0.5) is 0 Å². The normalized spacial score (nSPS) is 10.8. The topological polar surface area (TPSA) is 52.6 Å². The van der Waals surface area contributed by atoms with E-state index in [0.29, 0.717) is 0 Å². The van der Waals surface area contributed by atoms with Crippen LogP contribution in [-0.4, -0.2) is 25.8 Å². The second-order valence-corrected chi connectivity index (χ2v) is 5.72. The monoisotopic (exact) mass is 326 g/mol. The molecule has 0 radical (unpaired) electrons. The van der Waals surface area contributed by atoms with Crippen LogP contribution in [-0.2, 0) is 9.59 Å². The van der Waals surface area contributed by atoms with Crippen LogP contribution in [0, 0.1) is 5.92 Å². The number of ketones is 2. The highest BCUT2D eigenvalue weighted by Crippen LogP contribution is 2.35. The number of hydrogen-bond acceptors (Lipinski definition) is 4. The fourth-order valence-electron chi connectivity index (χ4n) is 2.96. The van der Waals surface area contributed by atoms with Gasteiger partial charge in [0.05, 0.1) is 20.1 Å². The Bertz CT molecular complexity index is 640. The highest BCUT2D eigenvalue weighted by Gasteiger charge is 2.32. The molecule has 0 heterocycles. The van der Waals surface area contributed by atoms with Crippen molar-refractivity contribution in [1.29, 1.82) is 0 Å². The minimum atomic E-state index is -0.716. The molecule has 2 rings (SSSR count). The summed E-state index contributed by atoms with van der Waals surface area (Å²) in [6, 6.07) is 14.9. The molecule has 0 amide bonds. The summed E-state index contributed by atoms with van der Waals surface area (Å²) in [7, 11) is 3.20. The molecule has 0 aliphatic rings. The van der Waals surface area contributed by atoms with Crippen molar-refractivity contribution in [2.45, 2.75) is 19.8 Å². The lowest BCUT2D eigenvalue weighted by Crippen LogP contribution is -2.27. The Morgan fingerprint density at radius 2 is 1.04 bits per heavy atom. The Morgan fingerprint density at radius 1 is 0.708 bits per heavy atom. The fraction of sp³-hybridized carbons (Fsp3) is 0.300. The minimum Gasteiger partial charge on any atom is -0.497 e. The average Bonchev–Trinajstić information content (AvgIpc) is 2.59. The number of rotatable bonds is 7. The highest BCUT2D eigenvalue weighted by atomic mass is 16.5. The maximum absolute atomic E-state index is 12.1. The summed E-state index contributed by atoms with van der Waals surface area (Å²) < 4.78 is 10.4. The standard InChI is InChI=1S/C20H22O4/c1-13(21)19(14(2)22)20(15-5-9-17(23-3)10-6-15)16-7-11-18(24-4)12-8-16/h5-12,19-20H,1-4H3. The summed E-state index contributed by atoms with van der Waals surface area (Å²) >= 11 is 0. The maximum atomic E-state index is 12.1. The van der Waals surface area contributed by atoms with Gasteiger partial charge in [-0.3, -0.25) is 9.59 Å². The van der Waals surface area contributed by atoms with Gasteiger partial charge in [-0.25, -0.2) is 0 Å². The van der Waals surface area contributed by atoms with Crippen LogP contribution >= 0.6 is 0 Å². The van der Waals surface area contributed by atoms with E-state index in [1.54, 1.807) is 14.2 Å². The van der Waals surface area contributed by atoms with Crippen LogP contribution in [0.2, 0.25) is 0 Å². The number of hydrogen-bond donors (Lipinski definition) is 0. The van der Waals surface area contributed by atoms with E-state index in [1.165, 1.54) is 13.8 Å². The van der Waals surface area contributed by atoms with Crippen molar-refractivity contribution in [2.75, 3.05) is 14.2 Å². The molecule has 4 heteroatoms. The van der Waals surface area contributed by atoms with Crippen molar-refractivity contribution >= 4 is 11.6 Å². The van der Waals surface area contributed by atoms with Crippen LogP contribution in [0.5, 0.6) is 11.5 Å². The molecule has 4 nitrogen and oxygen atoms in total. The molecule has 2 aromatic rings. The van der Waals surface area contributed by atoms with Crippen LogP contribution in [0.25, 0.3) is 0 Å². The largest absolute Gasteiger partial charge is 0.497 e. The molecule has 0 aliphatic heterocycles. The molecule has 0 aromatic heterocycles. The third-order valence-electron chi connectivity index (χ3n) is 4.16. The van der Waals surface area contributed by atoms with Gasteiger partial charge in [-0.2, -0.15) is 0 Å². The van der Waals surface area contributed by atoms with Crippen molar-refractivity contribution in [2.24, 2.45) is 5.92 Å². The minimum absolute atomic E-state index is 0.140. The number of ether oxygens (including phenoxy) is 2. The predicted molar refractivity (Wildman–Crippen MR) is 92.7 cm³/mol. The van der Waals surface area contributed by atoms with Crippen molar-refractivity contribution in [1.82, 2.24) is 0 Å². The summed E-state index contributed by atoms with van der Waals surface area (Å²) in [4.78, 5) is 24.3. The Morgan fingerprint density at radius 3 is 1.29 bits per heavy atom. The van der Waals surface area contributed by atoms with Crippen molar-refractivity contribution in [3.05, 3.63) is 59.7 Å². The lowest BCUT2D eigenvalue weighted by atomic mass is 9.77. The van der Waals surface area contributed by atoms with Crippen LogP contribution in [0.15, 0.2) is 48.5 Å². The summed E-state index contributed by atoms with van der Waals surface area (Å²) in [6.07, 6.45) is 0. The Labute approximate surface area is 142 Å². The van der Waals surface area contributed by atoms with Crippen molar-refractivity contribution in [3.8, 4) is 11.5 Å². The SMILES string of the molecule is COc1ccc(C(c2ccc(OC)cc2)C(C(C)=O)C(C)=O)cc1. The average molecular weight is 326 g/mol. The molecule has 0 N–H and O–H groups in total. The molecule has 0 saturated heterocycles. The lowest BCUT2D eigenvalue weighted by Gasteiger charge is -2.24. The first kappa shape index (κ1) is 17.7. The van der Waals surface area contributed by atoms with Gasteiger partial charge in [0.2, 0.25) is 0 Å². The third-order valence-corrected chi connectivity index (χ3v) is 4.16. The van der Waals surface area contributed by atoms with E-state index >= 15 is 0 Å². The molecule has 0 bridgehead atoms. The Balaban J connectivity index is 2.53. The van der Waals surface area contributed by atoms with Gasteiger partial charge in [-0.1, -0.05) is 24.3 Å². The predicted octanol–water partition coefficient (Wildman–Crippen LogP) is 3.63. The molecule has 0 saturated carbocycles. The Kier molecular flexibility index (Phi) is 5.74. The van der Waals surface area contributed by atoms with E-state index < -0.39 is 5.92 Å². The van der Waals surface area contributed by atoms with Gasteiger partial charge in [0.25, 0.3) is 0 Å². The summed E-state index contributed by atoms with van der Waals surface area (Å²) in [5, 5.41) is 0. The van der Waals surface area contributed by atoms with Gasteiger partial charge < -0.3 is 9.47 Å². The van der Waals surface area contributed by atoms with E-state index in [1.807, 2.05) is 48.5 Å². The molecular formula is C20H22O4. The lowest BCUT2D eigenvalue weighted by molar-refractivity contribution is -0.130. The number of methoxy groups -OCH3 is 2. The van der Waals surface area contributed by atoms with Gasteiger partial charge >= 0.3 is 0 Å². The molecular weight excluding hydrogens is 304 g/mol. The Hall–Kier alpha value is -2.62. The summed E-state index contributed by atoms with van der Waals surface area (Å²) in [5.41, 5.74) is 1.80. The number of carbonyl (C=O) groups excluding carboxylic acids is 2. The smallest absolute Gasteiger partial charge is 0.141 e. The van der Waals surface area contributed by atoms with Crippen LogP contribution < -0.4 is 9.47 Å². The molecule has 126 valence electrons.